The van der Waals surface area contributed by atoms with Gasteiger partial charge in [0.05, 0.1) is 40.9 Å². The molecule has 0 unspecified atom stereocenters. The van der Waals surface area contributed by atoms with Crippen LogP contribution in [0, 0.1) is 21.4 Å². The first kappa shape index (κ1) is 29.3. The second-order valence-corrected chi connectivity index (χ2v) is 9.05. The van der Waals surface area contributed by atoms with Crippen LogP contribution < -0.4 is 24.3 Å². The Hall–Kier alpha value is -4.27. The number of rotatable bonds is 11. The van der Waals surface area contributed by atoms with Gasteiger partial charge in [0.25, 0.3) is 11.6 Å². The molecule has 0 fully saturated rings. The molecule has 0 saturated heterocycles. The lowest BCUT2D eigenvalue weighted by molar-refractivity contribution is -0.384. The van der Waals surface area contributed by atoms with Crippen molar-refractivity contribution in [2.75, 3.05) is 26.1 Å². The summed E-state index contributed by atoms with van der Waals surface area (Å²) in [5.74, 6) is 0.645. The zero-order chi connectivity index (χ0) is 28.5. The number of ether oxygens (including phenoxy) is 4. The fraction of sp³-hybridized carbons (Fsp3) is 0.185. The molecule has 0 aliphatic carbocycles. The van der Waals surface area contributed by atoms with E-state index < -0.39 is 10.8 Å². The number of hydrogen-bond donors (Lipinski definition) is 1. The topological polar surface area (TPSA) is 133 Å². The first-order chi connectivity index (χ1) is 18.7. The van der Waals surface area contributed by atoms with E-state index in [2.05, 4.69) is 21.2 Å². The molecule has 202 valence electrons. The predicted octanol–water partition coefficient (Wildman–Crippen LogP) is 6.55. The lowest BCUT2D eigenvalue weighted by Gasteiger charge is -2.15. The summed E-state index contributed by atoms with van der Waals surface area (Å²) >= 11 is 9.58. The molecular formula is C27H23BrClN3O7. The fourth-order valence-electron chi connectivity index (χ4n) is 3.45. The standard InChI is InChI=1S/C27H23BrClN3O7/c1-4-38-25-11-17(10-20(28)26(25)39-15-16-6-5-7-19(9-16)32(34)35)8-18(14-30)27(33)31-22-13-23(36-2)21(29)12-24(22)37-3/h5-13H,4,15H2,1-3H3,(H,31,33)/b18-8+. The lowest BCUT2D eigenvalue weighted by atomic mass is 10.1. The maximum absolute atomic E-state index is 13.0. The number of nitriles is 1. The van der Waals surface area contributed by atoms with Gasteiger partial charge in [-0.3, -0.25) is 14.9 Å². The molecule has 0 heterocycles. The number of nitro groups is 1. The van der Waals surface area contributed by atoms with E-state index in [1.165, 1.54) is 44.6 Å². The molecule has 0 bridgehead atoms. The average molecular weight is 617 g/mol. The Bertz CT molecular complexity index is 1470. The molecule has 0 saturated carbocycles. The van der Waals surface area contributed by atoms with Crippen molar-refractivity contribution < 1.29 is 28.7 Å². The summed E-state index contributed by atoms with van der Waals surface area (Å²) in [7, 11) is 2.86. The van der Waals surface area contributed by atoms with Crippen LogP contribution >= 0.6 is 27.5 Å². The molecule has 0 radical (unpaired) electrons. The fourth-order valence-corrected chi connectivity index (χ4v) is 4.26. The molecule has 0 aliphatic rings. The van der Waals surface area contributed by atoms with Crippen molar-refractivity contribution in [1.29, 1.82) is 5.26 Å². The quantitative estimate of drug-likeness (QED) is 0.111. The minimum Gasteiger partial charge on any atom is -0.495 e. The smallest absolute Gasteiger partial charge is 0.269 e. The van der Waals surface area contributed by atoms with Crippen molar-refractivity contribution in [3.63, 3.8) is 0 Å². The van der Waals surface area contributed by atoms with E-state index in [0.29, 0.717) is 44.5 Å². The largest absolute Gasteiger partial charge is 0.495 e. The Morgan fingerprint density at radius 1 is 1.13 bits per heavy atom. The van der Waals surface area contributed by atoms with Crippen LogP contribution in [0.2, 0.25) is 5.02 Å². The monoisotopic (exact) mass is 615 g/mol. The number of hydrogen-bond acceptors (Lipinski definition) is 8. The van der Waals surface area contributed by atoms with E-state index in [-0.39, 0.29) is 29.3 Å². The predicted molar refractivity (Wildman–Crippen MR) is 150 cm³/mol. The molecule has 12 heteroatoms. The SMILES string of the molecule is CCOc1cc(/C=C(\C#N)C(=O)Nc2cc(OC)c(Cl)cc2OC)cc(Br)c1OCc1cccc([N+](=O)[O-])c1. The highest BCUT2D eigenvalue weighted by atomic mass is 79.9. The van der Waals surface area contributed by atoms with E-state index in [1.807, 2.05) is 6.07 Å². The van der Waals surface area contributed by atoms with Crippen molar-refractivity contribution in [1.82, 2.24) is 0 Å². The summed E-state index contributed by atoms with van der Waals surface area (Å²) in [5.41, 5.74) is 1.12. The molecule has 3 rings (SSSR count). The van der Waals surface area contributed by atoms with Crippen molar-refractivity contribution in [3.05, 3.63) is 84.8 Å². The number of carbonyl (C=O) groups excluding carboxylic acids is 1. The molecule has 1 N–H and O–H groups in total. The highest BCUT2D eigenvalue weighted by Crippen LogP contribution is 2.39. The molecular weight excluding hydrogens is 594 g/mol. The van der Waals surface area contributed by atoms with Crippen molar-refractivity contribution in [2.45, 2.75) is 13.5 Å². The first-order valence-electron chi connectivity index (χ1n) is 11.4. The Morgan fingerprint density at radius 2 is 1.87 bits per heavy atom. The summed E-state index contributed by atoms with van der Waals surface area (Å²) in [6, 6.07) is 14.3. The van der Waals surface area contributed by atoms with E-state index in [9.17, 15) is 20.2 Å². The Labute approximate surface area is 238 Å². The van der Waals surface area contributed by atoms with Crippen LogP contribution in [0.1, 0.15) is 18.1 Å². The van der Waals surface area contributed by atoms with Crippen LogP contribution in [0.5, 0.6) is 23.0 Å². The maximum Gasteiger partial charge on any atom is 0.269 e. The van der Waals surface area contributed by atoms with Gasteiger partial charge in [0.15, 0.2) is 11.5 Å². The number of nitrogens with one attached hydrogen (secondary N) is 1. The number of benzene rings is 3. The zero-order valence-electron chi connectivity index (χ0n) is 21.1. The Kier molecular flexibility index (Phi) is 10.1. The van der Waals surface area contributed by atoms with Gasteiger partial charge in [-0.05, 0) is 52.2 Å². The highest BCUT2D eigenvalue weighted by molar-refractivity contribution is 9.10. The van der Waals surface area contributed by atoms with Crippen molar-refractivity contribution in [2.24, 2.45) is 0 Å². The minimum absolute atomic E-state index is 0.0438. The number of carbonyl (C=O) groups is 1. The number of amides is 1. The van der Waals surface area contributed by atoms with Gasteiger partial charge in [-0.15, -0.1) is 0 Å². The van der Waals surface area contributed by atoms with Gasteiger partial charge in [0, 0.05) is 24.3 Å². The summed E-state index contributed by atoms with van der Waals surface area (Å²) in [6.07, 6.45) is 1.40. The molecule has 1 amide bonds. The number of non-ortho nitro benzene ring substituents is 1. The van der Waals surface area contributed by atoms with Gasteiger partial charge in [-0.25, -0.2) is 0 Å². The third-order valence-corrected chi connectivity index (χ3v) is 6.12. The van der Waals surface area contributed by atoms with Gasteiger partial charge in [0.1, 0.15) is 29.7 Å². The van der Waals surface area contributed by atoms with E-state index in [1.54, 1.807) is 31.2 Å². The van der Waals surface area contributed by atoms with Gasteiger partial charge < -0.3 is 24.3 Å². The molecule has 0 atom stereocenters. The Morgan fingerprint density at radius 3 is 2.51 bits per heavy atom. The molecule has 3 aromatic carbocycles. The van der Waals surface area contributed by atoms with Gasteiger partial charge in [-0.1, -0.05) is 23.7 Å². The van der Waals surface area contributed by atoms with Gasteiger partial charge in [-0.2, -0.15) is 5.26 Å². The average Bonchev–Trinajstić information content (AvgIpc) is 2.92. The summed E-state index contributed by atoms with van der Waals surface area (Å²) in [6.45, 7) is 2.16. The molecule has 0 spiro atoms. The normalized spacial score (nSPS) is 10.8. The van der Waals surface area contributed by atoms with Crippen LogP contribution in [0.15, 0.2) is 58.6 Å². The second kappa shape index (κ2) is 13.5. The zero-order valence-corrected chi connectivity index (χ0v) is 23.5. The molecule has 39 heavy (non-hydrogen) atoms. The van der Waals surface area contributed by atoms with Crippen LogP contribution in [-0.2, 0) is 11.4 Å². The highest BCUT2D eigenvalue weighted by Gasteiger charge is 2.18. The van der Waals surface area contributed by atoms with Gasteiger partial charge >= 0.3 is 0 Å². The van der Waals surface area contributed by atoms with Gasteiger partial charge in [0.2, 0.25) is 0 Å². The molecule has 10 nitrogen and oxygen atoms in total. The third-order valence-electron chi connectivity index (χ3n) is 5.23. The summed E-state index contributed by atoms with van der Waals surface area (Å²) in [4.78, 5) is 23.5. The summed E-state index contributed by atoms with van der Waals surface area (Å²) < 4.78 is 22.6. The summed E-state index contributed by atoms with van der Waals surface area (Å²) in [5, 5.41) is 23.7. The third kappa shape index (κ3) is 7.40. The van der Waals surface area contributed by atoms with Crippen LogP contribution in [0.4, 0.5) is 11.4 Å². The minimum atomic E-state index is -0.680. The van der Waals surface area contributed by atoms with Crippen LogP contribution in [-0.4, -0.2) is 31.7 Å². The Balaban J connectivity index is 1.88. The molecule has 3 aromatic rings. The van der Waals surface area contributed by atoms with E-state index in [0.717, 1.165) is 0 Å². The van der Waals surface area contributed by atoms with E-state index in [4.69, 9.17) is 30.5 Å². The van der Waals surface area contributed by atoms with E-state index >= 15 is 0 Å². The first-order valence-corrected chi connectivity index (χ1v) is 12.5. The van der Waals surface area contributed by atoms with Crippen molar-refractivity contribution >= 4 is 50.9 Å². The number of methoxy groups -OCH3 is 2. The molecule has 0 aliphatic heterocycles. The second-order valence-electron chi connectivity index (χ2n) is 7.79. The van der Waals surface area contributed by atoms with Crippen LogP contribution in [0.3, 0.4) is 0 Å². The van der Waals surface area contributed by atoms with Crippen molar-refractivity contribution in [3.8, 4) is 29.1 Å². The number of anilines is 1. The number of nitrogens with zero attached hydrogens (tertiary/aromatic N) is 2. The maximum atomic E-state index is 13.0. The number of halogens is 2. The van der Waals surface area contributed by atoms with Crippen LogP contribution in [0.25, 0.3) is 6.08 Å². The number of nitro benzene ring substituents is 1. The molecule has 0 aromatic heterocycles. The lowest BCUT2D eigenvalue weighted by Crippen LogP contribution is -2.14.